The molecule has 0 bridgehead atoms. The highest BCUT2D eigenvalue weighted by Crippen LogP contribution is 2.41. The lowest BCUT2D eigenvalue weighted by Crippen LogP contribution is -2.46. The Morgan fingerprint density at radius 3 is 1.40 bits per heavy atom. The Kier molecular flexibility index (Phi) is 5.56. The van der Waals surface area contributed by atoms with E-state index in [1.165, 1.54) is 9.80 Å². The average molecular weight is 535 g/mol. The summed E-state index contributed by atoms with van der Waals surface area (Å²) in [5.41, 5.74) is 3.59. The Balaban J connectivity index is 1.07. The van der Waals surface area contributed by atoms with Crippen molar-refractivity contribution in [3.8, 4) is 0 Å². The van der Waals surface area contributed by atoms with Crippen molar-refractivity contribution in [1.29, 1.82) is 0 Å². The zero-order chi connectivity index (χ0) is 27.5. The van der Waals surface area contributed by atoms with Crippen molar-refractivity contribution in [1.82, 2.24) is 20.4 Å². The highest BCUT2D eigenvalue weighted by molar-refractivity contribution is 6.08. The van der Waals surface area contributed by atoms with Gasteiger partial charge in [0, 0.05) is 0 Å². The van der Waals surface area contributed by atoms with Crippen molar-refractivity contribution < 1.29 is 19.2 Å². The van der Waals surface area contributed by atoms with Gasteiger partial charge >= 0.3 is 12.1 Å². The predicted molar refractivity (Wildman–Crippen MR) is 147 cm³/mol. The first-order valence-corrected chi connectivity index (χ1v) is 13.9. The second kappa shape index (κ2) is 9.05. The Morgan fingerprint density at radius 1 is 0.575 bits per heavy atom. The van der Waals surface area contributed by atoms with Crippen LogP contribution in [0.1, 0.15) is 59.1 Å². The van der Waals surface area contributed by atoms with E-state index in [4.69, 9.17) is 0 Å². The number of rotatable bonds is 4. The third-order valence-electron chi connectivity index (χ3n) is 9.01. The molecule has 0 saturated carbocycles. The fraction of sp³-hybridized carbons (Fsp3) is 0.312. The molecule has 2 fully saturated rings. The first-order valence-electron chi connectivity index (χ1n) is 13.9. The fourth-order valence-corrected chi connectivity index (χ4v) is 7.03. The van der Waals surface area contributed by atoms with E-state index >= 15 is 0 Å². The number of imide groups is 2. The molecule has 7 rings (SSSR count). The molecule has 2 atom stereocenters. The van der Waals surface area contributed by atoms with E-state index in [9.17, 15) is 19.2 Å². The number of benzene rings is 3. The summed E-state index contributed by atoms with van der Waals surface area (Å²) < 4.78 is 0. The number of aryl methyl sites for hydroxylation is 2. The molecule has 40 heavy (non-hydrogen) atoms. The number of carbonyl (C=O) groups is 4. The van der Waals surface area contributed by atoms with Crippen LogP contribution >= 0.6 is 0 Å². The number of urea groups is 2. The number of fused-ring (bicyclic) bond motifs is 4. The number of carbonyl (C=O) groups excluding carboxylic acids is 4. The zero-order valence-corrected chi connectivity index (χ0v) is 22.1. The van der Waals surface area contributed by atoms with Crippen LogP contribution in [0, 0.1) is 0 Å². The fourth-order valence-electron chi connectivity index (χ4n) is 7.03. The highest BCUT2D eigenvalue weighted by Gasteiger charge is 2.55. The van der Waals surface area contributed by atoms with Crippen molar-refractivity contribution in [3.63, 3.8) is 0 Å². The molecule has 8 nitrogen and oxygen atoms in total. The molecule has 0 aromatic heterocycles. The average Bonchev–Trinajstić information content (AvgIpc) is 3.34. The zero-order valence-electron chi connectivity index (χ0n) is 22.1. The first kappa shape index (κ1) is 24.6. The van der Waals surface area contributed by atoms with Crippen LogP contribution in [0.3, 0.4) is 0 Å². The van der Waals surface area contributed by atoms with Crippen molar-refractivity contribution in [2.24, 2.45) is 0 Å². The van der Waals surface area contributed by atoms with Gasteiger partial charge in [0.1, 0.15) is 11.1 Å². The van der Waals surface area contributed by atoms with E-state index in [0.29, 0.717) is 12.8 Å². The van der Waals surface area contributed by atoms with Gasteiger partial charge in [-0.1, -0.05) is 72.8 Å². The van der Waals surface area contributed by atoms with Gasteiger partial charge in [-0.25, -0.2) is 9.59 Å². The van der Waals surface area contributed by atoms with Crippen LogP contribution < -0.4 is 10.6 Å². The van der Waals surface area contributed by atoms with Gasteiger partial charge in [-0.05, 0) is 71.9 Å². The second-order valence-corrected chi connectivity index (χ2v) is 11.3. The van der Waals surface area contributed by atoms with Gasteiger partial charge in [0.15, 0.2) is 0 Å². The molecule has 0 unspecified atom stereocenters. The number of nitrogens with zero attached hydrogens (tertiary/aromatic N) is 2. The van der Waals surface area contributed by atoms with Gasteiger partial charge in [0.05, 0.1) is 13.1 Å². The van der Waals surface area contributed by atoms with Gasteiger partial charge in [-0.3, -0.25) is 19.4 Å². The smallest absolute Gasteiger partial charge is 0.319 e. The van der Waals surface area contributed by atoms with E-state index in [-0.39, 0.29) is 37.0 Å². The molecular formula is C32H30N4O4. The van der Waals surface area contributed by atoms with Crippen LogP contribution in [0.5, 0.6) is 0 Å². The van der Waals surface area contributed by atoms with Crippen LogP contribution in [-0.4, -0.2) is 33.7 Å². The molecule has 6 amide bonds. The summed E-state index contributed by atoms with van der Waals surface area (Å²) in [5, 5.41) is 6.00. The van der Waals surface area contributed by atoms with Crippen LogP contribution in [0.25, 0.3) is 0 Å². The minimum atomic E-state index is -0.997. The Labute approximate surface area is 232 Å². The number of nitrogens with one attached hydrogen (secondary N) is 2. The van der Waals surface area contributed by atoms with Gasteiger partial charge < -0.3 is 10.6 Å². The topological polar surface area (TPSA) is 98.8 Å². The number of hydrogen-bond donors (Lipinski definition) is 2. The molecule has 0 radical (unpaired) electrons. The minimum Gasteiger partial charge on any atom is -0.319 e. The van der Waals surface area contributed by atoms with Gasteiger partial charge in [-0.15, -0.1) is 0 Å². The summed E-state index contributed by atoms with van der Waals surface area (Å²) in [5.74, 6) is -0.433. The monoisotopic (exact) mass is 534 g/mol. The molecule has 2 aliphatic heterocycles. The summed E-state index contributed by atoms with van der Waals surface area (Å²) in [7, 11) is 0. The third kappa shape index (κ3) is 3.58. The molecule has 2 aliphatic carbocycles. The lowest BCUT2D eigenvalue weighted by atomic mass is 9.76. The maximum Gasteiger partial charge on any atom is 0.325 e. The summed E-state index contributed by atoms with van der Waals surface area (Å²) in [6, 6.07) is 22.3. The summed E-state index contributed by atoms with van der Waals surface area (Å²) in [6.07, 6.45) is 4.63. The molecule has 3 aromatic rings. The van der Waals surface area contributed by atoms with Gasteiger partial charge in [-0.2, -0.15) is 0 Å². The molecule has 2 spiro atoms. The van der Waals surface area contributed by atoms with E-state index in [1.54, 1.807) is 0 Å². The molecule has 2 saturated heterocycles. The Bertz CT molecular complexity index is 1450. The molecular weight excluding hydrogens is 504 g/mol. The lowest BCUT2D eigenvalue weighted by Gasteiger charge is -2.33. The van der Waals surface area contributed by atoms with Crippen LogP contribution in [0.15, 0.2) is 72.8 Å². The quantitative estimate of drug-likeness (QED) is 0.489. The minimum absolute atomic E-state index is 0.151. The Hall–Kier alpha value is -4.46. The van der Waals surface area contributed by atoms with Gasteiger partial charge in [0.25, 0.3) is 11.8 Å². The molecule has 3 aromatic carbocycles. The van der Waals surface area contributed by atoms with Crippen molar-refractivity contribution in [2.75, 3.05) is 0 Å². The largest absolute Gasteiger partial charge is 0.325 e. The van der Waals surface area contributed by atoms with E-state index in [1.807, 2.05) is 72.8 Å². The van der Waals surface area contributed by atoms with Crippen molar-refractivity contribution >= 4 is 23.9 Å². The number of amides is 6. The van der Waals surface area contributed by atoms with Gasteiger partial charge in [0.2, 0.25) is 0 Å². The predicted octanol–water partition coefficient (Wildman–Crippen LogP) is 4.25. The van der Waals surface area contributed by atoms with E-state index in [2.05, 4.69) is 10.6 Å². The SMILES string of the molecule is O=C1N[C@@]2(CCCc3ccccc32)C(=O)N1Cc1ccc(CN2C(=O)N[C@@]3(CCCc4ccccc43)C2=O)cc1. The molecule has 2 heterocycles. The molecule has 202 valence electrons. The number of hydrogen-bond acceptors (Lipinski definition) is 4. The van der Waals surface area contributed by atoms with E-state index in [0.717, 1.165) is 59.1 Å². The standard InChI is InChI=1S/C32H30N4O4/c37-27-31(17-5-9-23-7-1-3-11-25(23)31)33-29(39)35(27)19-21-13-15-22(16-14-21)20-36-28(38)32(34-30(36)40)18-6-10-24-8-2-4-12-26(24)32/h1-4,7-8,11-16H,5-6,9-10,17-20H2,(H,33,39)(H,34,40)/t31-,32-/m1/s1. The normalized spacial score (nSPS) is 25.3. The maximum atomic E-state index is 13.6. The summed E-state index contributed by atoms with van der Waals surface area (Å²) in [4.78, 5) is 55.8. The molecule has 8 heteroatoms. The third-order valence-corrected chi connectivity index (χ3v) is 9.01. The lowest BCUT2D eigenvalue weighted by molar-refractivity contribution is -0.133. The summed E-state index contributed by atoms with van der Waals surface area (Å²) >= 11 is 0. The van der Waals surface area contributed by atoms with E-state index < -0.39 is 11.1 Å². The summed E-state index contributed by atoms with van der Waals surface area (Å²) in [6.45, 7) is 0.301. The van der Waals surface area contributed by atoms with Crippen LogP contribution in [0.4, 0.5) is 9.59 Å². The Morgan fingerprint density at radius 2 is 0.975 bits per heavy atom. The first-order chi connectivity index (χ1) is 19.4. The van der Waals surface area contributed by atoms with Crippen LogP contribution in [-0.2, 0) is 46.6 Å². The molecule has 2 N–H and O–H groups in total. The molecule has 4 aliphatic rings. The van der Waals surface area contributed by atoms with Crippen LogP contribution in [0.2, 0.25) is 0 Å². The van der Waals surface area contributed by atoms with Crippen molar-refractivity contribution in [2.45, 2.75) is 62.7 Å². The maximum absolute atomic E-state index is 13.6. The highest BCUT2D eigenvalue weighted by atomic mass is 16.2. The van der Waals surface area contributed by atoms with Crippen molar-refractivity contribution in [3.05, 3.63) is 106 Å². The second-order valence-electron chi connectivity index (χ2n) is 11.3.